The van der Waals surface area contributed by atoms with Crippen LogP contribution in [0.1, 0.15) is 25.7 Å². The van der Waals surface area contributed by atoms with Crippen LogP contribution in [0, 0.1) is 10.1 Å². The van der Waals surface area contributed by atoms with Gasteiger partial charge in [0.25, 0.3) is 0 Å². The van der Waals surface area contributed by atoms with Gasteiger partial charge in [-0.2, -0.15) is 13.2 Å². The summed E-state index contributed by atoms with van der Waals surface area (Å²) in [6.07, 6.45) is -0.463. The second-order valence-corrected chi connectivity index (χ2v) is 7.02. The molecule has 0 amide bonds. The van der Waals surface area contributed by atoms with Crippen molar-refractivity contribution in [2.75, 3.05) is 11.9 Å². The van der Waals surface area contributed by atoms with Gasteiger partial charge in [-0.15, -0.1) is 11.3 Å². The molecule has 1 aliphatic carbocycles. The van der Waals surface area contributed by atoms with Crippen LogP contribution in [-0.2, 0) is 0 Å². The molecule has 0 aromatic carbocycles. The SMILES string of the molecule is O=[N+]([O-])c1cnc2ccsc2c1NC1CCC(NCC(F)(F)F)CC1. The van der Waals surface area contributed by atoms with Crippen molar-refractivity contribution in [2.24, 2.45) is 0 Å². The molecule has 136 valence electrons. The summed E-state index contributed by atoms with van der Waals surface area (Å²) in [5.41, 5.74) is 1.07. The standard InChI is InChI=1S/C15H17F3N4O2S/c16-15(17,18)8-20-9-1-3-10(4-2-9)21-13-12(22(23)24)7-19-11-5-6-25-14(11)13/h5-7,9-10,20H,1-4,8H2,(H,19,21). The first kappa shape index (κ1) is 17.9. The van der Waals surface area contributed by atoms with Crippen LogP contribution in [-0.4, -0.2) is 34.7 Å². The van der Waals surface area contributed by atoms with Gasteiger partial charge in [0.1, 0.15) is 11.9 Å². The third kappa shape index (κ3) is 4.37. The van der Waals surface area contributed by atoms with Crippen molar-refractivity contribution in [3.05, 3.63) is 27.8 Å². The fourth-order valence-electron chi connectivity index (χ4n) is 3.09. The molecule has 2 N–H and O–H groups in total. The number of rotatable bonds is 5. The average molecular weight is 374 g/mol. The van der Waals surface area contributed by atoms with Gasteiger partial charge in [0, 0.05) is 12.1 Å². The van der Waals surface area contributed by atoms with Crippen LogP contribution >= 0.6 is 11.3 Å². The summed E-state index contributed by atoms with van der Waals surface area (Å²) in [5, 5.41) is 18.9. The summed E-state index contributed by atoms with van der Waals surface area (Å²) in [6, 6.07) is 1.62. The lowest BCUT2D eigenvalue weighted by molar-refractivity contribution is -0.384. The maximum absolute atomic E-state index is 12.3. The molecule has 1 aliphatic rings. The van der Waals surface area contributed by atoms with E-state index in [0.29, 0.717) is 36.9 Å². The number of hydrogen-bond donors (Lipinski definition) is 2. The lowest BCUT2D eigenvalue weighted by Crippen LogP contribution is -2.41. The van der Waals surface area contributed by atoms with Crippen molar-refractivity contribution < 1.29 is 18.1 Å². The number of alkyl halides is 3. The number of nitrogens with zero attached hydrogens (tertiary/aromatic N) is 2. The molecule has 2 aromatic rings. The zero-order valence-corrected chi connectivity index (χ0v) is 14.0. The Labute approximate surface area is 145 Å². The van der Waals surface area contributed by atoms with E-state index in [0.717, 1.165) is 4.70 Å². The van der Waals surface area contributed by atoms with Crippen LogP contribution < -0.4 is 10.6 Å². The summed E-state index contributed by atoms with van der Waals surface area (Å²) in [6.45, 7) is -0.985. The number of halogens is 3. The third-order valence-corrected chi connectivity index (χ3v) is 5.24. The molecule has 3 rings (SSSR count). The minimum absolute atomic E-state index is 0.00432. The van der Waals surface area contributed by atoms with Crippen molar-refractivity contribution in [2.45, 2.75) is 43.9 Å². The molecule has 1 saturated carbocycles. The molecule has 10 heteroatoms. The molecule has 1 fully saturated rings. The highest BCUT2D eigenvalue weighted by molar-refractivity contribution is 7.17. The summed E-state index contributed by atoms with van der Waals surface area (Å²) in [4.78, 5) is 14.9. The quantitative estimate of drug-likeness (QED) is 0.609. The van der Waals surface area contributed by atoms with E-state index in [9.17, 15) is 23.3 Å². The highest BCUT2D eigenvalue weighted by Gasteiger charge is 2.30. The summed E-state index contributed by atoms with van der Waals surface area (Å²) in [5.74, 6) is 0. The topological polar surface area (TPSA) is 80.1 Å². The van der Waals surface area contributed by atoms with Gasteiger partial charge in [-0.25, -0.2) is 4.98 Å². The zero-order valence-electron chi connectivity index (χ0n) is 13.2. The molecule has 0 spiro atoms. The van der Waals surface area contributed by atoms with E-state index in [1.54, 1.807) is 6.07 Å². The molecule has 0 unspecified atom stereocenters. The molecule has 0 atom stereocenters. The molecule has 2 heterocycles. The summed E-state index contributed by atoms with van der Waals surface area (Å²) in [7, 11) is 0. The molecule has 0 aliphatic heterocycles. The Morgan fingerprint density at radius 2 is 1.96 bits per heavy atom. The normalized spacial score (nSPS) is 21.4. The predicted molar refractivity (Wildman–Crippen MR) is 90.0 cm³/mol. The molecule has 6 nitrogen and oxygen atoms in total. The molecular weight excluding hydrogens is 357 g/mol. The number of pyridine rings is 1. The van der Waals surface area contributed by atoms with Crippen LogP contribution in [0.3, 0.4) is 0 Å². The first-order valence-electron chi connectivity index (χ1n) is 7.91. The number of nitrogens with one attached hydrogen (secondary N) is 2. The molecule has 0 radical (unpaired) electrons. The van der Waals surface area contributed by atoms with Gasteiger partial charge in [0.15, 0.2) is 0 Å². The van der Waals surface area contributed by atoms with E-state index in [1.165, 1.54) is 17.5 Å². The van der Waals surface area contributed by atoms with Crippen molar-refractivity contribution in [1.82, 2.24) is 10.3 Å². The lowest BCUT2D eigenvalue weighted by Gasteiger charge is -2.30. The Morgan fingerprint density at radius 3 is 2.60 bits per heavy atom. The van der Waals surface area contributed by atoms with E-state index in [-0.39, 0.29) is 17.8 Å². The number of fused-ring (bicyclic) bond motifs is 1. The smallest absolute Gasteiger partial charge is 0.375 e. The van der Waals surface area contributed by atoms with E-state index < -0.39 is 17.6 Å². The van der Waals surface area contributed by atoms with Crippen molar-refractivity contribution in [3.63, 3.8) is 0 Å². The highest BCUT2D eigenvalue weighted by atomic mass is 32.1. The minimum atomic E-state index is -4.21. The van der Waals surface area contributed by atoms with Crippen molar-refractivity contribution >= 4 is 32.9 Å². The second-order valence-electron chi connectivity index (χ2n) is 6.10. The third-order valence-electron chi connectivity index (χ3n) is 4.32. The molecule has 0 bridgehead atoms. The zero-order chi connectivity index (χ0) is 18.0. The molecule has 0 saturated heterocycles. The first-order chi connectivity index (χ1) is 11.8. The minimum Gasteiger partial charge on any atom is -0.375 e. The lowest BCUT2D eigenvalue weighted by atomic mass is 9.91. The van der Waals surface area contributed by atoms with Crippen LogP contribution in [0.2, 0.25) is 0 Å². The fourth-order valence-corrected chi connectivity index (χ4v) is 3.94. The monoisotopic (exact) mass is 374 g/mol. The van der Waals surface area contributed by atoms with Gasteiger partial charge in [-0.1, -0.05) is 0 Å². The number of anilines is 1. The molecule has 25 heavy (non-hydrogen) atoms. The summed E-state index contributed by atoms with van der Waals surface area (Å²) < 4.78 is 37.5. The molecular formula is C15H17F3N4O2S. The van der Waals surface area contributed by atoms with Gasteiger partial charge in [-0.3, -0.25) is 10.1 Å². The Bertz CT molecular complexity index is 757. The Kier molecular flexibility index (Phi) is 5.09. The van der Waals surface area contributed by atoms with E-state index in [2.05, 4.69) is 15.6 Å². The van der Waals surface area contributed by atoms with Crippen molar-refractivity contribution in [3.8, 4) is 0 Å². The number of aromatic nitrogens is 1. The van der Waals surface area contributed by atoms with Gasteiger partial charge in [0.2, 0.25) is 0 Å². The van der Waals surface area contributed by atoms with Gasteiger partial charge in [-0.05, 0) is 37.1 Å². The largest absolute Gasteiger partial charge is 0.401 e. The van der Waals surface area contributed by atoms with Crippen LogP contribution in [0.15, 0.2) is 17.6 Å². The van der Waals surface area contributed by atoms with E-state index in [4.69, 9.17) is 0 Å². The Morgan fingerprint density at radius 1 is 1.28 bits per heavy atom. The number of nitro groups is 1. The van der Waals surface area contributed by atoms with E-state index in [1.807, 2.05) is 5.38 Å². The maximum Gasteiger partial charge on any atom is 0.401 e. The first-order valence-corrected chi connectivity index (χ1v) is 8.79. The van der Waals surface area contributed by atoms with Crippen LogP contribution in [0.5, 0.6) is 0 Å². The Hall–Kier alpha value is -1.94. The fraction of sp³-hybridized carbons (Fsp3) is 0.533. The van der Waals surface area contributed by atoms with Gasteiger partial charge < -0.3 is 10.6 Å². The Balaban J connectivity index is 1.66. The average Bonchev–Trinajstić information content (AvgIpc) is 3.02. The predicted octanol–water partition coefficient (Wildman–Crippen LogP) is 4.08. The van der Waals surface area contributed by atoms with Crippen LogP contribution in [0.25, 0.3) is 10.2 Å². The van der Waals surface area contributed by atoms with Gasteiger partial charge >= 0.3 is 11.9 Å². The molecule has 2 aromatic heterocycles. The number of thiophene rings is 1. The highest BCUT2D eigenvalue weighted by Crippen LogP contribution is 2.36. The van der Waals surface area contributed by atoms with Gasteiger partial charge in [0.05, 0.1) is 21.7 Å². The summed E-state index contributed by atoms with van der Waals surface area (Å²) >= 11 is 1.38. The van der Waals surface area contributed by atoms with E-state index >= 15 is 0 Å². The second kappa shape index (κ2) is 7.12. The number of hydrogen-bond acceptors (Lipinski definition) is 6. The van der Waals surface area contributed by atoms with Crippen molar-refractivity contribution in [1.29, 1.82) is 0 Å². The maximum atomic E-state index is 12.3. The van der Waals surface area contributed by atoms with Crippen LogP contribution in [0.4, 0.5) is 24.5 Å².